The number of rotatable bonds is 3. The van der Waals surface area contributed by atoms with E-state index in [9.17, 15) is 5.11 Å². The molecule has 0 saturated carbocycles. The molecule has 3 heterocycles. The highest BCUT2D eigenvalue weighted by Crippen LogP contribution is 2.28. The number of para-hydroxylation sites is 2. The number of anilines is 1. The predicted molar refractivity (Wildman–Crippen MR) is 131 cm³/mol. The average molecular weight is 450 g/mol. The first kappa shape index (κ1) is 22.5. The first-order chi connectivity index (χ1) is 15.5. The Hall–Kier alpha value is -2.73. The number of aryl methyl sites for hydroxylation is 2. The number of halogens is 1. The van der Waals surface area contributed by atoms with E-state index >= 15 is 0 Å². The highest BCUT2D eigenvalue weighted by Gasteiger charge is 2.18. The Kier molecular flexibility index (Phi) is 6.89. The fourth-order valence-corrected chi connectivity index (χ4v) is 4.38. The molecule has 0 radical (unpaired) electrons. The summed E-state index contributed by atoms with van der Waals surface area (Å²) in [5.41, 5.74) is 5.84. The Labute approximate surface area is 193 Å². The molecule has 0 amide bonds. The summed E-state index contributed by atoms with van der Waals surface area (Å²) in [5.74, 6) is 0.969. The van der Waals surface area contributed by atoms with Crippen LogP contribution in [0.1, 0.15) is 35.1 Å². The number of hydrogen-bond acceptors (Lipinski definition) is 5. The normalized spacial score (nSPS) is 13.5. The number of nitrogens with zero attached hydrogens (tertiary/aromatic N) is 3. The zero-order valence-corrected chi connectivity index (χ0v) is 19.2. The van der Waals surface area contributed by atoms with Crippen LogP contribution < -0.4 is 4.90 Å². The highest BCUT2D eigenvalue weighted by molar-refractivity contribution is 6.30. The van der Waals surface area contributed by atoms with Gasteiger partial charge in [-0.2, -0.15) is 0 Å². The third-order valence-corrected chi connectivity index (χ3v) is 6.25. The number of benzene rings is 2. The molecular weight excluding hydrogens is 422 g/mol. The molecule has 5 nitrogen and oxygen atoms in total. The molecule has 166 valence electrons. The van der Waals surface area contributed by atoms with E-state index in [1.807, 2.05) is 37.3 Å². The monoisotopic (exact) mass is 449 g/mol. The molecule has 1 aliphatic rings. The smallest absolute Gasteiger partial charge is 0.135 e. The minimum atomic E-state index is -0.0737. The summed E-state index contributed by atoms with van der Waals surface area (Å²) in [6, 6.07) is 16.0. The Morgan fingerprint density at radius 1 is 0.812 bits per heavy atom. The molecule has 2 aromatic heterocycles. The lowest BCUT2D eigenvalue weighted by molar-refractivity contribution is 0.281. The van der Waals surface area contributed by atoms with Crippen LogP contribution in [0.2, 0.25) is 5.15 Å². The Morgan fingerprint density at radius 3 is 1.91 bits per heavy atom. The average Bonchev–Trinajstić information content (AvgIpc) is 3.34. The molecule has 32 heavy (non-hydrogen) atoms. The quantitative estimate of drug-likeness (QED) is 0.414. The fraction of sp³-hybridized carbons (Fsp3) is 0.308. The van der Waals surface area contributed by atoms with Crippen molar-refractivity contribution in [3.05, 3.63) is 75.9 Å². The number of pyridine rings is 2. The standard InChI is InChI=1S/C15H18N2O.C11H10ClNO/c1-11-5-4-6-12-9-13(10-18)15(16-14(11)12)17-7-2-3-8-17;1-7-3-2-4-8-5-9(6-14)11(12)13-10(7)8/h4-6,9,18H,2-3,7-8,10H2,1H3;2-5,14H,6H2,1H3. The van der Waals surface area contributed by atoms with Crippen LogP contribution in [0.4, 0.5) is 5.82 Å². The van der Waals surface area contributed by atoms with Crippen molar-refractivity contribution < 1.29 is 10.2 Å². The molecule has 1 fully saturated rings. The summed E-state index contributed by atoms with van der Waals surface area (Å²) in [6.07, 6.45) is 2.44. The van der Waals surface area contributed by atoms with Crippen LogP contribution >= 0.6 is 11.6 Å². The van der Waals surface area contributed by atoms with E-state index in [0.29, 0.717) is 10.7 Å². The van der Waals surface area contributed by atoms with Crippen LogP contribution in [-0.4, -0.2) is 33.3 Å². The second-order valence-corrected chi connectivity index (χ2v) is 8.57. The van der Waals surface area contributed by atoms with Crippen LogP contribution in [0.25, 0.3) is 21.8 Å². The van der Waals surface area contributed by atoms with Crippen molar-refractivity contribution in [3.63, 3.8) is 0 Å². The third-order valence-electron chi connectivity index (χ3n) is 5.92. The predicted octanol–water partition coefficient (Wildman–Crippen LogP) is 5.32. The second-order valence-electron chi connectivity index (χ2n) is 8.21. The molecule has 2 N–H and O–H groups in total. The maximum atomic E-state index is 9.54. The van der Waals surface area contributed by atoms with Crippen molar-refractivity contribution in [2.45, 2.75) is 39.9 Å². The van der Waals surface area contributed by atoms with Gasteiger partial charge < -0.3 is 15.1 Å². The molecule has 1 saturated heterocycles. The molecule has 5 rings (SSSR count). The minimum Gasteiger partial charge on any atom is -0.392 e. The molecular formula is C26H28ClN3O2. The highest BCUT2D eigenvalue weighted by atomic mass is 35.5. The van der Waals surface area contributed by atoms with E-state index in [4.69, 9.17) is 21.7 Å². The number of aliphatic hydroxyl groups is 2. The van der Waals surface area contributed by atoms with E-state index in [0.717, 1.165) is 51.8 Å². The summed E-state index contributed by atoms with van der Waals surface area (Å²) in [7, 11) is 0. The van der Waals surface area contributed by atoms with E-state index < -0.39 is 0 Å². The van der Waals surface area contributed by atoms with E-state index in [1.54, 1.807) is 0 Å². The first-order valence-corrected chi connectivity index (χ1v) is 11.3. The molecule has 6 heteroatoms. The second kappa shape index (κ2) is 9.82. The lowest BCUT2D eigenvalue weighted by atomic mass is 10.1. The SMILES string of the molecule is Cc1cccc2cc(CO)c(Cl)nc12.Cc1cccc2cc(CO)c(N3CCCC3)nc12. The van der Waals surface area contributed by atoms with Gasteiger partial charge in [-0.3, -0.25) is 0 Å². The molecule has 0 spiro atoms. The van der Waals surface area contributed by atoms with Gasteiger partial charge in [0.1, 0.15) is 11.0 Å². The molecule has 0 aliphatic carbocycles. The van der Waals surface area contributed by atoms with Gasteiger partial charge in [0, 0.05) is 35.0 Å². The fourth-order valence-electron chi connectivity index (χ4n) is 4.18. The Balaban J connectivity index is 0.000000158. The van der Waals surface area contributed by atoms with Gasteiger partial charge in [-0.05, 0) is 49.9 Å². The lowest BCUT2D eigenvalue weighted by Gasteiger charge is -2.20. The topological polar surface area (TPSA) is 69.5 Å². The number of fused-ring (bicyclic) bond motifs is 2. The van der Waals surface area contributed by atoms with Crippen molar-refractivity contribution in [2.24, 2.45) is 0 Å². The number of aliphatic hydroxyl groups excluding tert-OH is 2. The van der Waals surface area contributed by atoms with Crippen LogP contribution in [0.15, 0.2) is 48.5 Å². The van der Waals surface area contributed by atoms with Gasteiger partial charge in [-0.25, -0.2) is 9.97 Å². The van der Waals surface area contributed by atoms with Gasteiger partial charge in [0.05, 0.1) is 24.2 Å². The van der Waals surface area contributed by atoms with Crippen LogP contribution in [0.5, 0.6) is 0 Å². The lowest BCUT2D eigenvalue weighted by Crippen LogP contribution is -2.21. The van der Waals surface area contributed by atoms with Crippen LogP contribution in [0, 0.1) is 13.8 Å². The molecule has 1 aliphatic heterocycles. The van der Waals surface area contributed by atoms with E-state index in [2.05, 4.69) is 35.0 Å². The summed E-state index contributed by atoms with van der Waals surface area (Å²) in [5, 5.41) is 21.1. The summed E-state index contributed by atoms with van der Waals surface area (Å²) >= 11 is 5.90. The zero-order valence-electron chi connectivity index (χ0n) is 18.5. The maximum absolute atomic E-state index is 9.54. The summed E-state index contributed by atoms with van der Waals surface area (Å²) in [4.78, 5) is 11.3. The van der Waals surface area contributed by atoms with Gasteiger partial charge in [0.2, 0.25) is 0 Å². The molecule has 0 bridgehead atoms. The molecule has 2 aromatic carbocycles. The summed E-state index contributed by atoms with van der Waals surface area (Å²) in [6.45, 7) is 6.17. The number of aromatic nitrogens is 2. The Bertz CT molecular complexity index is 1250. The van der Waals surface area contributed by atoms with E-state index in [-0.39, 0.29) is 13.2 Å². The van der Waals surface area contributed by atoms with Crippen molar-refractivity contribution in [1.29, 1.82) is 0 Å². The summed E-state index contributed by atoms with van der Waals surface area (Å²) < 4.78 is 0. The van der Waals surface area contributed by atoms with Crippen molar-refractivity contribution in [1.82, 2.24) is 9.97 Å². The first-order valence-electron chi connectivity index (χ1n) is 10.9. The Morgan fingerprint density at radius 2 is 1.34 bits per heavy atom. The van der Waals surface area contributed by atoms with Gasteiger partial charge in [-0.15, -0.1) is 0 Å². The van der Waals surface area contributed by atoms with Gasteiger partial charge >= 0.3 is 0 Å². The largest absolute Gasteiger partial charge is 0.392 e. The van der Waals surface area contributed by atoms with Crippen molar-refractivity contribution in [2.75, 3.05) is 18.0 Å². The van der Waals surface area contributed by atoms with E-state index in [1.165, 1.54) is 18.4 Å². The van der Waals surface area contributed by atoms with Crippen molar-refractivity contribution in [3.8, 4) is 0 Å². The minimum absolute atomic E-state index is 0.0582. The number of hydrogen-bond donors (Lipinski definition) is 2. The molecule has 0 unspecified atom stereocenters. The molecule has 0 atom stereocenters. The van der Waals surface area contributed by atoms with Crippen LogP contribution in [-0.2, 0) is 13.2 Å². The maximum Gasteiger partial charge on any atom is 0.135 e. The van der Waals surface area contributed by atoms with Gasteiger partial charge in [-0.1, -0.05) is 48.0 Å². The molecule has 4 aromatic rings. The zero-order chi connectivity index (χ0) is 22.7. The van der Waals surface area contributed by atoms with Crippen molar-refractivity contribution >= 4 is 39.2 Å². The van der Waals surface area contributed by atoms with Gasteiger partial charge in [0.15, 0.2) is 0 Å². The van der Waals surface area contributed by atoms with Crippen LogP contribution in [0.3, 0.4) is 0 Å². The third kappa shape index (κ3) is 4.56. The van der Waals surface area contributed by atoms with Gasteiger partial charge in [0.25, 0.3) is 0 Å².